The Kier molecular flexibility index (Phi) is 3.46. The van der Waals surface area contributed by atoms with Gasteiger partial charge in [0.25, 0.3) is 5.91 Å². The zero-order valence-corrected chi connectivity index (χ0v) is 12.6. The Morgan fingerprint density at radius 3 is 2.43 bits per heavy atom. The molecule has 2 aliphatic carbocycles. The fourth-order valence-electron chi connectivity index (χ4n) is 4.88. The van der Waals surface area contributed by atoms with E-state index in [4.69, 9.17) is 0 Å². The number of nitrogens with one attached hydrogen (secondary N) is 1. The van der Waals surface area contributed by atoms with E-state index in [-0.39, 0.29) is 5.91 Å². The van der Waals surface area contributed by atoms with Crippen molar-refractivity contribution in [2.75, 3.05) is 26.2 Å². The normalized spacial score (nSPS) is 32.6. The number of benzene rings is 1. The fraction of sp³-hybridized carbons (Fsp3) is 0.611. The molecular formula is C18H25N2O+. The van der Waals surface area contributed by atoms with Gasteiger partial charge in [-0.2, -0.15) is 0 Å². The molecule has 3 atom stereocenters. The number of hydrogen-bond acceptors (Lipinski definition) is 1. The van der Waals surface area contributed by atoms with Gasteiger partial charge in [0.1, 0.15) is 0 Å². The van der Waals surface area contributed by atoms with Crippen molar-refractivity contribution < 1.29 is 9.69 Å². The first-order valence-corrected chi connectivity index (χ1v) is 8.50. The van der Waals surface area contributed by atoms with Gasteiger partial charge < -0.3 is 9.80 Å². The van der Waals surface area contributed by atoms with Crippen molar-refractivity contribution in [3.63, 3.8) is 0 Å². The lowest BCUT2D eigenvalue weighted by atomic mass is 9.93. The summed E-state index contributed by atoms with van der Waals surface area (Å²) in [5.74, 6) is 2.22. The van der Waals surface area contributed by atoms with Crippen molar-refractivity contribution >= 4 is 5.91 Å². The second-order valence-electron chi connectivity index (χ2n) is 7.10. The zero-order chi connectivity index (χ0) is 14.2. The van der Waals surface area contributed by atoms with Gasteiger partial charge in [0.05, 0.1) is 32.2 Å². The number of amides is 1. The Hall–Kier alpha value is -1.35. The molecular weight excluding hydrogens is 260 g/mol. The van der Waals surface area contributed by atoms with Crippen LogP contribution >= 0.6 is 0 Å². The monoisotopic (exact) mass is 285 g/mol. The zero-order valence-electron chi connectivity index (χ0n) is 12.6. The van der Waals surface area contributed by atoms with Gasteiger partial charge in [-0.3, -0.25) is 4.79 Å². The molecule has 2 bridgehead atoms. The Labute approximate surface area is 126 Å². The minimum atomic E-state index is 0.211. The van der Waals surface area contributed by atoms with E-state index in [9.17, 15) is 4.79 Å². The molecule has 4 rings (SSSR count). The third kappa shape index (κ3) is 2.48. The molecule has 1 aliphatic heterocycles. The van der Waals surface area contributed by atoms with E-state index in [1.165, 1.54) is 25.7 Å². The number of fused-ring (bicyclic) bond motifs is 2. The van der Waals surface area contributed by atoms with Crippen LogP contribution in [0.1, 0.15) is 36.0 Å². The van der Waals surface area contributed by atoms with Crippen LogP contribution in [0.3, 0.4) is 0 Å². The van der Waals surface area contributed by atoms with E-state index in [0.29, 0.717) is 0 Å². The molecule has 1 aromatic carbocycles. The minimum Gasteiger partial charge on any atom is -0.329 e. The highest BCUT2D eigenvalue weighted by molar-refractivity contribution is 5.94. The van der Waals surface area contributed by atoms with E-state index >= 15 is 0 Å². The lowest BCUT2D eigenvalue weighted by molar-refractivity contribution is -0.932. The molecule has 0 unspecified atom stereocenters. The van der Waals surface area contributed by atoms with Crippen molar-refractivity contribution in [2.24, 2.45) is 11.8 Å². The quantitative estimate of drug-likeness (QED) is 0.868. The highest BCUT2D eigenvalue weighted by Gasteiger charge is 2.45. The van der Waals surface area contributed by atoms with Crippen LogP contribution in [0.2, 0.25) is 0 Å². The summed E-state index contributed by atoms with van der Waals surface area (Å²) in [4.78, 5) is 16.3. The van der Waals surface area contributed by atoms with Crippen LogP contribution in [-0.4, -0.2) is 43.0 Å². The van der Waals surface area contributed by atoms with Gasteiger partial charge in [0, 0.05) is 17.9 Å². The van der Waals surface area contributed by atoms with Gasteiger partial charge in [0.15, 0.2) is 0 Å². The SMILES string of the molecule is O=C(c1ccccc1)N1CC[NH+]([C@@H]2C[C@H]3CC[C@@H]2C3)CC1. The largest absolute Gasteiger partial charge is 0.329 e. The maximum Gasteiger partial charge on any atom is 0.254 e. The first-order chi connectivity index (χ1) is 10.3. The smallest absolute Gasteiger partial charge is 0.254 e. The number of carbonyl (C=O) groups is 1. The predicted molar refractivity (Wildman–Crippen MR) is 82.3 cm³/mol. The Morgan fingerprint density at radius 1 is 1.05 bits per heavy atom. The highest BCUT2D eigenvalue weighted by Crippen LogP contribution is 2.43. The number of hydrogen-bond donors (Lipinski definition) is 1. The first kappa shape index (κ1) is 13.3. The second-order valence-corrected chi connectivity index (χ2v) is 7.10. The molecule has 3 fully saturated rings. The minimum absolute atomic E-state index is 0.211. The number of piperazine rings is 1. The molecule has 1 heterocycles. The molecule has 3 heteroatoms. The molecule has 3 aliphatic rings. The number of nitrogens with zero attached hydrogens (tertiary/aromatic N) is 1. The van der Waals surface area contributed by atoms with E-state index < -0.39 is 0 Å². The lowest BCUT2D eigenvalue weighted by Crippen LogP contribution is -3.18. The summed E-state index contributed by atoms with van der Waals surface area (Å²) in [5.41, 5.74) is 0.834. The summed E-state index contributed by atoms with van der Waals surface area (Å²) in [7, 11) is 0. The highest BCUT2D eigenvalue weighted by atomic mass is 16.2. The van der Waals surface area contributed by atoms with Crippen molar-refractivity contribution in [2.45, 2.75) is 31.7 Å². The van der Waals surface area contributed by atoms with Gasteiger partial charge in [0.2, 0.25) is 0 Å². The summed E-state index contributed by atoms with van der Waals surface area (Å²) in [5, 5.41) is 0. The topological polar surface area (TPSA) is 24.8 Å². The lowest BCUT2D eigenvalue weighted by Gasteiger charge is -2.38. The third-order valence-electron chi connectivity index (χ3n) is 5.98. The summed E-state index contributed by atoms with van der Waals surface area (Å²) >= 11 is 0. The van der Waals surface area contributed by atoms with Crippen LogP contribution in [0, 0.1) is 11.8 Å². The molecule has 1 aromatic rings. The molecule has 1 N–H and O–H groups in total. The van der Waals surface area contributed by atoms with Gasteiger partial charge in [-0.25, -0.2) is 0 Å². The van der Waals surface area contributed by atoms with E-state index in [0.717, 1.165) is 49.6 Å². The van der Waals surface area contributed by atoms with Crippen LogP contribution in [0.25, 0.3) is 0 Å². The maximum atomic E-state index is 12.5. The predicted octanol–water partition coefficient (Wildman–Crippen LogP) is 1.22. The first-order valence-electron chi connectivity index (χ1n) is 8.50. The van der Waals surface area contributed by atoms with E-state index in [2.05, 4.69) is 0 Å². The Bertz CT molecular complexity index is 507. The second kappa shape index (κ2) is 5.45. The van der Waals surface area contributed by atoms with Crippen LogP contribution in [0.15, 0.2) is 30.3 Å². The third-order valence-corrected chi connectivity index (χ3v) is 5.98. The summed E-state index contributed by atoms with van der Waals surface area (Å²) < 4.78 is 0. The average Bonchev–Trinajstić information content (AvgIpc) is 3.18. The summed E-state index contributed by atoms with van der Waals surface area (Å²) in [6.07, 6.45) is 5.88. The van der Waals surface area contributed by atoms with Crippen molar-refractivity contribution in [3.05, 3.63) is 35.9 Å². The number of rotatable bonds is 2. The van der Waals surface area contributed by atoms with Gasteiger partial charge in [-0.05, 0) is 37.3 Å². The average molecular weight is 285 g/mol. The van der Waals surface area contributed by atoms with Crippen LogP contribution in [0.4, 0.5) is 0 Å². The molecule has 0 spiro atoms. The summed E-state index contributed by atoms with van der Waals surface area (Å²) in [6.45, 7) is 4.15. The summed E-state index contributed by atoms with van der Waals surface area (Å²) in [6, 6.07) is 10.6. The van der Waals surface area contributed by atoms with Crippen LogP contribution < -0.4 is 4.90 Å². The molecule has 112 valence electrons. The van der Waals surface area contributed by atoms with Crippen molar-refractivity contribution in [1.82, 2.24) is 4.90 Å². The number of carbonyl (C=O) groups excluding carboxylic acids is 1. The molecule has 3 nitrogen and oxygen atoms in total. The van der Waals surface area contributed by atoms with Gasteiger partial charge in [-0.15, -0.1) is 0 Å². The van der Waals surface area contributed by atoms with Gasteiger partial charge >= 0.3 is 0 Å². The Morgan fingerprint density at radius 2 is 1.81 bits per heavy atom. The fourth-order valence-corrected chi connectivity index (χ4v) is 4.88. The molecule has 0 aromatic heterocycles. The van der Waals surface area contributed by atoms with Gasteiger partial charge in [-0.1, -0.05) is 18.2 Å². The number of quaternary nitrogens is 1. The van der Waals surface area contributed by atoms with E-state index in [1.807, 2.05) is 35.2 Å². The Balaban J connectivity index is 1.36. The van der Waals surface area contributed by atoms with Crippen molar-refractivity contribution in [1.29, 1.82) is 0 Å². The molecule has 21 heavy (non-hydrogen) atoms. The molecule has 1 amide bonds. The van der Waals surface area contributed by atoms with Crippen molar-refractivity contribution in [3.8, 4) is 0 Å². The van der Waals surface area contributed by atoms with Crippen LogP contribution in [-0.2, 0) is 0 Å². The molecule has 0 radical (unpaired) electrons. The molecule has 1 saturated heterocycles. The van der Waals surface area contributed by atoms with E-state index in [1.54, 1.807) is 4.90 Å². The molecule has 2 saturated carbocycles. The maximum absolute atomic E-state index is 12.5. The standard InChI is InChI=1S/C18H24N2O/c21-18(15-4-2-1-3-5-15)20-10-8-19(9-11-20)17-13-14-6-7-16(17)12-14/h1-5,14,16-17H,6-13H2/p+1/t14-,16+,17+/m0/s1. The van der Waals surface area contributed by atoms with Crippen LogP contribution in [0.5, 0.6) is 0 Å².